The van der Waals surface area contributed by atoms with Crippen LogP contribution < -0.4 is 5.32 Å². The van der Waals surface area contributed by atoms with Crippen LogP contribution in [0.2, 0.25) is 0 Å². The molecule has 2 saturated heterocycles. The molecule has 1 N–H and O–H groups in total. The molecule has 0 spiro atoms. The summed E-state index contributed by atoms with van der Waals surface area (Å²) in [6.45, 7) is 4.21. The molecule has 2 aliphatic heterocycles. The zero-order chi connectivity index (χ0) is 20.1. The van der Waals surface area contributed by atoms with Crippen LogP contribution >= 0.6 is 0 Å². The lowest BCUT2D eigenvalue weighted by molar-refractivity contribution is -0.126. The first-order valence-electron chi connectivity index (χ1n) is 10.5. The van der Waals surface area contributed by atoms with Crippen molar-refractivity contribution in [3.63, 3.8) is 0 Å². The van der Waals surface area contributed by atoms with Crippen molar-refractivity contribution >= 4 is 11.9 Å². The van der Waals surface area contributed by atoms with Crippen LogP contribution in [-0.4, -0.2) is 57.5 Å². The number of imidazole rings is 1. The Balaban J connectivity index is 1.33. The summed E-state index contributed by atoms with van der Waals surface area (Å²) in [5.74, 6) is -0.0857. The molecule has 0 radical (unpaired) electrons. The average molecular weight is 396 g/mol. The zero-order valence-corrected chi connectivity index (χ0v) is 16.8. The summed E-state index contributed by atoms with van der Waals surface area (Å²) in [5.41, 5.74) is 2.27. The molecule has 2 fully saturated rings. The van der Waals surface area contributed by atoms with E-state index in [1.165, 1.54) is 5.56 Å². The van der Waals surface area contributed by atoms with Gasteiger partial charge in [-0.3, -0.25) is 4.79 Å². The number of piperidine rings is 1. The molecule has 2 aromatic rings. The predicted octanol–water partition coefficient (Wildman–Crippen LogP) is 2.48. The van der Waals surface area contributed by atoms with Crippen LogP contribution in [0.4, 0.5) is 4.79 Å². The van der Waals surface area contributed by atoms with Crippen molar-refractivity contribution in [2.45, 2.75) is 38.8 Å². The van der Waals surface area contributed by atoms with Crippen molar-refractivity contribution in [3.05, 3.63) is 54.1 Å². The fourth-order valence-electron chi connectivity index (χ4n) is 4.26. The van der Waals surface area contributed by atoms with Crippen molar-refractivity contribution in [2.24, 2.45) is 5.92 Å². The first-order valence-corrected chi connectivity index (χ1v) is 10.5. The molecule has 1 atom stereocenters. The van der Waals surface area contributed by atoms with E-state index in [9.17, 15) is 9.59 Å². The van der Waals surface area contributed by atoms with E-state index in [2.05, 4.69) is 22.4 Å². The van der Waals surface area contributed by atoms with E-state index < -0.39 is 0 Å². The minimum Gasteiger partial charge on any atom is -0.352 e. The molecule has 1 aromatic carbocycles. The maximum atomic E-state index is 12.8. The van der Waals surface area contributed by atoms with E-state index >= 15 is 0 Å². The highest BCUT2D eigenvalue weighted by Gasteiger charge is 2.31. The van der Waals surface area contributed by atoms with Gasteiger partial charge in [0.05, 0.1) is 12.2 Å². The van der Waals surface area contributed by atoms with E-state index in [0.29, 0.717) is 13.1 Å². The summed E-state index contributed by atoms with van der Waals surface area (Å²) in [4.78, 5) is 33.3. The molecule has 0 bridgehead atoms. The number of rotatable bonds is 5. The number of aromatic nitrogens is 2. The summed E-state index contributed by atoms with van der Waals surface area (Å²) >= 11 is 0. The van der Waals surface area contributed by atoms with Gasteiger partial charge in [-0.2, -0.15) is 0 Å². The molecular weight excluding hydrogens is 366 g/mol. The highest BCUT2D eigenvalue weighted by Crippen LogP contribution is 2.20. The van der Waals surface area contributed by atoms with Gasteiger partial charge < -0.3 is 19.7 Å². The number of nitrogens with zero attached hydrogens (tertiary/aromatic N) is 4. The fraction of sp³-hybridized carbons (Fsp3) is 0.500. The van der Waals surface area contributed by atoms with Crippen LogP contribution in [0.5, 0.6) is 0 Å². The Morgan fingerprint density at radius 2 is 1.79 bits per heavy atom. The molecule has 7 nitrogen and oxygen atoms in total. The lowest BCUT2D eigenvalue weighted by atomic mass is 9.97. The molecule has 3 heterocycles. The van der Waals surface area contributed by atoms with E-state index in [1.54, 1.807) is 12.5 Å². The third kappa shape index (κ3) is 4.78. The van der Waals surface area contributed by atoms with E-state index in [0.717, 1.165) is 57.4 Å². The molecule has 0 saturated carbocycles. The van der Waals surface area contributed by atoms with Crippen molar-refractivity contribution < 1.29 is 9.59 Å². The quantitative estimate of drug-likeness (QED) is 0.846. The lowest BCUT2D eigenvalue weighted by Gasteiger charge is -2.34. The van der Waals surface area contributed by atoms with Crippen molar-refractivity contribution in [1.82, 2.24) is 24.7 Å². The van der Waals surface area contributed by atoms with E-state index in [-0.39, 0.29) is 17.9 Å². The van der Waals surface area contributed by atoms with Gasteiger partial charge in [0.15, 0.2) is 0 Å². The summed E-state index contributed by atoms with van der Waals surface area (Å²) in [5, 5.41) is 3.10. The molecule has 1 aromatic heterocycles. The second-order valence-electron chi connectivity index (χ2n) is 7.98. The van der Waals surface area contributed by atoms with Gasteiger partial charge in [-0.25, -0.2) is 9.78 Å². The number of hydrogen-bond donors (Lipinski definition) is 1. The maximum absolute atomic E-state index is 12.8. The van der Waals surface area contributed by atoms with Crippen LogP contribution in [0.25, 0.3) is 0 Å². The Kier molecular flexibility index (Phi) is 6.12. The topological polar surface area (TPSA) is 70.5 Å². The predicted molar refractivity (Wildman–Crippen MR) is 110 cm³/mol. The normalized spacial score (nSPS) is 19.4. The Labute approximate surface area is 171 Å². The van der Waals surface area contributed by atoms with Crippen molar-refractivity contribution in [3.8, 4) is 0 Å². The molecule has 0 unspecified atom stereocenters. The third-order valence-electron chi connectivity index (χ3n) is 5.92. The first-order chi connectivity index (χ1) is 14.2. The van der Waals surface area contributed by atoms with E-state index in [4.69, 9.17) is 0 Å². The Hall–Kier alpha value is -2.83. The van der Waals surface area contributed by atoms with Crippen LogP contribution in [0.15, 0.2) is 43.0 Å². The largest absolute Gasteiger partial charge is 0.352 e. The average Bonchev–Trinajstić information content (AvgIpc) is 3.47. The Bertz CT molecular complexity index is 829. The third-order valence-corrected chi connectivity index (χ3v) is 5.92. The minimum atomic E-state index is -0.129. The summed E-state index contributed by atoms with van der Waals surface area (Å²) in [6, 6.07) is 8.25. The number of urea groups is 1. The van der Waals surface area contributed by atoms with Crippen LogP contribution in [0.3, 0.4) is 0 Å². The van der Waals surface area contributed by atoms with Gasteiger partial charge >= 0.3 is 6.03 Å². The summed E-state index contributed by atoms with van der Waals surface area (Å²) in [6.07, 6.45) is 9.39. The van der Waals surface area contributed by atoms with Gasteiger partial charge in [0, 0.05) is 51.7 Å². The number of nitrogens with one attached hydrogen (secondary N) is 1. The summed E-state index contributed by atoms with van der Waals surface area (Å²) in [7, 11) is 0. The van der Waals surface area contributed by atoms with Gasteiger partial charge in [0.2, 0.25) is 5.91 Å². The maximum Gasteiger partial charge on any atom is 0.320 e. The molecule has 154 valence electrons. The zero-order valence-electron chi connectivity index (χ0n) is 16.8. The highest BCUT2D eigenvalue weighted by molar-refractivity contribution is 5.81. The van der Waals surface area contributed by atoms with E-state index in [1.807, 2.05) is 32.7 Å². The standard InChI is InChI=1S/C22H29N5O2/c28-21(20-8-5-12-27(16-20)22(29)26-10-3-4-11-26)24-14-18-6-1-2-7-19(18)15-25-13-9-23-17-25/h1-2,6-7,9,13,17,20H,3-5,8,10-12,14-16H2,(H,24,28)/t20-/m1/s1. The second kappa shape index (κ2) is 9.11. The van der Waals surface area contributed by atoms with Crippen LogP contribution in [0.1, 0.15) is 36.8 Å². The fourth-order valence-corrected chi connectivity index (χ4v) is 4.26. The molecular formula is C22H29N5O2. The SMILES string of the molecule is O=C(NCc1ccccc1Cn1ccnc1)[C@@H]1CCCN(C(=O)N2CCCC2)C1. The lowest BCUT2D eigenvalue weighted by Crippen LogP contribution is -2.49. The van der Waals surface area contributed by atoms with Gasteiger partial charge in [-0.15, -0.1) is 0 Å². The monoisotopic (exact) mass is 395 g/mol. The number of likely N-dealkylation sites (tertiary alicyclic amines) is 2. The van der Waals surface area contributed by atoms with Crippen LogP contribution in [-0.2, 0) is 17.9 Å². The molecule has 3 amide bonds. The number of carbonyl (C=O) groups excluding carboxylic acids is 2. The van der Waals surface area contributed by atoms with Gasteiger partial charge in [0.1, 0.15) is 0 Å². The smallest absolute Gasteiger partial charge is 0.320 e. The molecule has 4 rings (SSSR count). The molecule has 7 heteroatoms. The van der Waals surface area contributed by atoms with Crippen molar-refractivity contribution in [2.75, 3.05) is 26.2 Å². The molecule has 2 aliphatic rings. The number of amides is 3. The molecule has 0 aliphatic carbocycles. The minimum absolute atomic E-state index is 0.0429. The summed E-state index contributed by atoms with van der Waals surface area (Å²) < 4.78 is 2.02. The Morgan fingerprint density at radius 1 is 1.03 bits per heavy atom. The van der Waals surface area contributed by atoms with Gasteiger partial charge in [-0.05, 0) is 36.8 Å². The first kappa shape index (κ1) is 19.5. The number of hydrogen-bond acceptors (Lipinski definition) is 3. The van der Waals surface area contributed by atoms with Crippen LogP contribution in [0, 0.1) is 5.92 Å². The van der Waals surface area contributed by atoms with Gasteiger partial charge in [0.25, 0.3) is 0 Å². The highest BCUT2D eigenvalue weighted by atomic mass is 16.2. The number of carbonyl (C=O) groups is 2. The van der Waals surface area contributed by atoms with Gasteiger partial charge in [-0.1, -0.05) is 24.3 Å². The molecule has 29 heavy (non-hydrogen) atoms. The van der Waals surface area contributed by atoms with Crippen molar-refractivity contribution in [1.29, 1.82) is 0 Å². The number of benzene rings is 1. The Morgan fingerprint density at radius 3 is 2.55 bits per heavy atom. The second-order valence-corrected chi connectivity index (χ2v) is 7.98.